The van der Waals surface area contributed by atoms with E-state index in [1.54, 1.807) is 25.3 Å². The van der Waals surface area contributed by atoms with E-state index in [-0.39, 0.29) is 16.8 Å². The third kappa shape index (κ3) is 5.31. The molecule has 0 unspecified atom stereocenters. The smallest absolute Gasteiger partial charge is 0.244 e. The fraction of sp³-hybridized carbons (Fsp3) is 0.316. The van der Waals surface area contributed by atoms with Gasteiger partial charge in [0.1, 0.15) is 11.8 Å². The van der Waals surface area contributed by atoms with Gasteiger partial charge in [0.15, 0.2) is 0 Å². The number of halogens is 2. The van der Waals surface area contributed by atoms with Gasteiger partial charge < -0.3 is 10.1 Å². The van der Waals surface area contributed by atoms with Gasteiger partial charge in [-0.15, -0.1) is 0 Å². The standard InChI is InChI=1S/C19H22Cl2N2O4S/c1-12(14-5-8-16(27-3)9-6-14)22-19(24)13(2)23(28(4,25)26)18-11-15(20)7-10-17(18)21/h5-13H,1-4H3,(H,22,24)/t12-,13-/m1/s1. The van der Waals surface area contributed by atoms with Gasteiger partial charge in [0.2, 0.25) is 15.9 Å². The molecular formula is C19H22Cl2N2O4S. The Hall–Kier alpha value is -1.96. The monoisotopic (exact) mass is 444 g/mol. The number of benzene rings is 2. The maximum Gasteiger partial charge on any atom is 0.244 e. The van der Waals surface area contributed by atoms with Crippen LogP contribution in [0.4, 0.5) is 5.69 Å². The lowest BCUT2D eigenvalue weighted by molar-refractivity contribution is -0.122. The second kappa shape index (κ2) is 9.03. The Kier molecular flexibility index (Phi) is 7.20. The Bertz CT molecular complexity index is 949. The summed E-state index contributed by atoms with van der Waals surface area (Å²) in [6.45, 7) is 3.30. The lowest BCUT2D eigenvalue weighted by atomic mass is 10.1. The molecule has 152 valence electrons. The molecule has 2 atom stereocenters. The number of carbonyl (C=O) groups excluding carboxylic acids is 1. The number of anilines is 1. The number of amides is 1. The predicted octanol–water partition coefficient (Wildman–Crippen LogP) is 4.03. The molecule has 2 aromatic carbocycles. The van der Waals surface area contributed by atoms with Gasteiger partial charge in [-0.1, -0.05) is 35.3 Å². The third-order valence-corrected chi connectivity index (χ3v) is 5.99. The molecule has 2 rings (SSSR count). The first kappa shape index (κ1) is 22.3. The van der Waals surface area contributed by atoms with Crippen molar-refractivity contribution in [3.63, 3.8) is 0 Å². The zero-order chi connectivity index (χ0) is 21.1. The summed E-state index contributed by atoms with van der Waals surface area (Å²) in [5, 5.41) is 3.32. The van der Waals surface area contributed by atoms with Crippen LogP contribution in [-0.2, 0) is 14.8 Å². The molecule has 6 nitrogen and oxygen atoms in total. The molecule has 28 heavy (non-hydrogen) atoms. The van der Waals surface area contributed by atoms with Gasteiger partial charge in [-0.3, -0.25) is 9.10 Å². The summed E-state index contributed by atoms with van der Waals surface area (Å²) in [4.78, 5) is 12.8. The van der Waals surface area contributed by atoms with Crippen LogP contribution in [-0.4, -0.2) is 33.7 Å². The number of sulfonamides is 1. The van der Waals surface area contributed by atoms with Gasteiger partial charge in [0, 0.05) is 5.02 Å². The Balaban J connectivity index is 2.27. The van der Waals surface area contributed by atoms with Crippen LogP contribution in [0.3, 0.4) is 0 Å². The van der Waals surface area contributed by atoms with Crippen LogP contribution in [0.1, 0.15) is 25.5 Å². The number of nitrogens with zero attached hydrogens (tertiary/aromatic N) is 1. The second-order valence-corrected chi connectivity index (χ2v) is 9.04. The number of carbonyl (C=O) groups is 1. The highest BCUT2D eigenvalue weighted by Gasteiger charge is 2.31. The molecule has 0 aliphatic heterocycles. The molecular weight excluding hydrogens is 423 g/mol. The molecule has 0 aromatic heterocycles. The van der Waals surface area contributed by atoms with E-state index in [0.717, 1.165) is 16.1 Å². The highest BCUT2D eigenvalue weighted by Crippen LogP contribution is 2.32. The van der Waals surface area contributed by atoms with Gasteiger partial charge in [-0.2, -0.15) is 0 Å². The minimum absolute atomic E-state index is 0.149. The average Bonchev–Trinajstić information content (AvgIpc) is 2.63. The first-order chi connectivity index (χ1) is 13.0. The van der Waals surface area contributed by atoms with E-state index >= 15 is 0 Å². The largest absolute Gasteiger partial charge is 0.497 e. The molecule has 0 saturated heterocycles. The van der Waals surface area contributed by atoms with Gasteiger partial charge >= 0.3 is 0 Å². The van der Waals surface area contributed by atoms with Crippen molar-refractivity contribution in [2.45, 2.75) is 25.9 Å². The molecule has 1 N–H and O–H groups in total. The van der Waals surface area contributed by atoms with Gasteiger partial charge in [0.25, 0.3) is 0 Å². The number of hydrogen-bond donors (Lipinski definition) is 1. The van der Waals surface area contributed by atoms with E-state index in [4.69, 9.17) is 27.9 Å². The van der Waals surface area contributed by atoms with Crippen molar-refractivity contribution >= 4 is 44.8 Å². The highest BCUT2D eigenvalue weighted by molar-refractivity contribution is 7.92. The number of hydrogen-bond acceptors (Lipinski definition) is 4. The van der Waals surface area contributed by atoms with Crippen LogP contribution < -0.4 is 14.4 Å². The van der Waals surface area contributed by atoms with Crippen LogP contribution in [0.5, 0.6) is 5.75 Å². The summed E-state index contributed by atoms with van der Waals surface area (Å²) in [6.07, 6.45) is 1.01. The number of rotatable bonds is 7. The lowest BCUT2D eigenvalue weighted by Crippen LogP contribution is -2.48. The van der Waals surface area contributed by atoms with Crippen molar-refractivity contribution in [3.8, 4) is 5.75 Å². The molecule has 0 aliphatic carbocycles. The SMILES string of the molecule is COc1ccc([C@@H](C)NC(=O)[C@@H](C)N(c2cc(Cl)ccc2Cl)S(C)(=O)=O)cc1. The summed E-state index contributed by atoms with van der Waals surface area (Å²) < 4.78 is 30.9. The fourth-order valence-electron chi connectivity index (χ4n) is 2.75. The van der Waals surface area contributed by atoms with E-state index < -0.39 is 22.0 Å². The van der Waals surface area contributed by atoms with Gasteiger partial charge in [-0.05, 0) is 49.7 Å². The van der Waals surface area contributed by atoms with Gasteiger partial charge in [0.05, 0.1) is 30.1 Å². The van der Waals surface area contributed by atoms with Crippen LogP contribution in [0, 0.1) is 0 Å². The van der Waals surface area contributed by atoms with Crippen molar-refractivity contribution < 1.29 is 17.9 Å². The Morgan fingerprint density at radius 3 is 2.25 bits per heavy atom. The maximum atomic E-state index is 12.8. The quantitative estimate of drug-likeness (QED) is 0.698. The number of nitrogens with one attached hydrogen (secondary N) is 1. The minimum atomic E-state index is -3.80. The van der Waals surface area contributed by atoms with Crippen LogP contribution in [0.25, 0.3) is 0 Å². The van der Waals surface area contributed by atoms with E-state index in [9.17, 15) is 13.2 Å². The van der Waals surface area contributed by atoms with Crippen LogP contribution in [0.15, 0.2) is 42.5 Å². The second-order valence-electron chi connectivity index (χ2n) is 6.33. The maximum absolute atomic E-state index is 12.8. The lowest BCUT2D eigenvalue weighted by Gasteiger charge is -2.30. The minimum Gasteiger partial charge on any atom is -0.497 e. The van der Waals surface area contributed by atoms with Crippen molar-refractivity contribution in [1.29, 1.82) is 0 Å². The van der Waals surface area contributed by atoms with E-state index in [1.807, 2.05) is 19.1 Å². The van der Waals surface area contributed by atoms with Crippen LogP contribution in [0.2, 0.25) is 10.0 Å². The van der Waals surface area contributed by atoms with Crippen molar-refractivity contribution in [2.75, 3.05) is 17.7 Å². The summed E-state index contributed by atoms with van der Waals surface area (Å²) >= 11 is 12.2. The molecule has 0 heterocycles. The molecule has 9 heteroatoms. The first-order valence-electron chi connectivity index (χ1n) is 8.43. The summed E-state index contributed by atoms with van der Waals surface area (Å²) in [5.74, 6) is 0.235. The van der Waals surface area contributed by atoms with Crippen LogP contribution >= 0.6 is 23.2 Å². The molecule has 0 saturated carbocycles. The average molecular weight is 445 g/mol. The van der Waals surface area contributed by atoms with Crippen molar-refractivity contribution in [1.82, 2.24) is 5.32 Å². The zero-order valence-electron chi connectivity index (χ0n) is 15.9. The molecule has 0 aliphatic rings. The third-order valence-electron chi connectivity index (χ3n) is 4.21. The number of methoxy groups -OCH3 is 1. The summed E-state index contributed by atoms with van der Waals surface area (Å²) in [7, 11) is -2.23. The van der Waals surface area contributed by atoms with Gasteiger partial charge in [-0.25, -0.2) is 8.42 Å². The predicted molar refractivity (Wildman–Crippen MR) is 113 cm³/mol. The molecule has 1 amide bonds. The Labute approximate surface area is 175 Å². The number of ether oxygens (including phenoxy) is 1. The fourth-order valence-corrected chi connectivity index (χ4v) is 4.35. The first-order valence-corrected chi connectivity index (χ1v) is 11.0. The summed E-state index contributed by atoms with van der Waals surface area (Å²) in [6, 6.07) is 10.3. The van der Waals surface area contributed by atoms with E-state index in [1.165, 1.54) is 19.1 Å². The Morgan fingerprint density at radius 1 is 1.11 bits per heavy atom. The highest BCUT2D eigenvalue weighted by atomic mass is 35.5. The summed E-state index contributed by atoms with van der Waals surface area (Å²) in [5.41, 5.74) is 1.00. The van der Waals surface area contributed by atoms with Crippen molar-refractivity contribution in [3.05, 3.63) is 58.1 Å². The van der Waals surface area contributed by atoms with Crippen molar-refractivity contribution in [2.24, 2.45) is 0 Å². The zero-order valence-corrected chi connectivity index (χ0v) is 18.3. The molecule has 0 bridgehead atoms. The van der Waals surface area contributed by atoms with E-state index in [2.05, 4.69) is 5.32 Å². The molecule has 0 spiro atoms. The Morgan fingerprint density at radius 2 is 1.71 bits per heavy atom. The molecule has 0 fully saturated rings. The normalized spacial score (nSPS) is 13.5. The topological polar surface area (TPSA) is 75.7 Å². The molecule has 0 radical (unpaired) electrons. The molecule has 2 aromatic rings. The van der Waals surface area contributed by atoms with E-state index in [0.29, 0.717) is 10.8 Å².